The number of hydrogen-bond acceptors (Lipinski definition) is 2. The van der Waals surface area contributed by atoms with E-state index in [1.54, 1.807) is 12.3 Å². The Morgan fingerprint density at radius 1 is 1.62 bits per heavy atom. The fourth-order valence-corrected chi connectivity index (χ4v) is 1.63. The van der Waals surface area contributed by atoms with Crippen molar-refractivity contribution in [1.29, 1.82) is 0 Å². The van der Waals surface area contributed by atoms with E-state index in [9.17, 15) is 4.39 Å². The minimum atomic E-state index is -0.252. The van der Waals surface area contributed by atoms with Gasteiger partial charge in [0.15, 0.2) is 0 Å². The molecule has 1 atom stereocenters. The van der Waals surface area contributed by atoms with Gasteiger partial charge in [-0.15, -0.1) is 6.58 Å². The summed E-state index contributed by atoms with van der Waals surface area (Å²) in [4.78, 5) is 3.76. The monoisotopic (exact) mass is 222 g/mol. The third-order valence-corrected chi connectivity index (χ3v) is 2.37. The molecule has 1 unspecified atom stereocenters. The molecule has 0 aliphatic heterocycles. The third-order valence-electron chi connectivity index (χ3n) is 2.37. The van der Waals surface area contributed by atoms with Gasteiger partial charge in [-0.3, -0.25) is 4.98 Å². The molecule has 1 aromatic heterocycles. The maximum absolute atomic E-state index is 13.6. The van der Waals surface area contributed by atoms with E-state index < -0.39 is 0 Å². The molecule has 16 heavy (non-hydrogen) atoms. The number of rotatable bonds is 6. The van der Waals surface area contributed by atoms with Crippen molar-refractivity contribution in [3.63, 3.8) is 0 Å². The molecule has 1 aromatic rings. The summed E-state index contributed by atoms with van der Waals surface area (Å²) in [6.07, 6.45) is 4.66. The summed E-state index contributed by atoms with van der Waals surface area (Å²) in [5, 5.41) is 3.33. The highest BCUT2D eigenvalue weighted by Gasteiger charge is 2.14. The van der Waals surface area contributed by atoms with Crippen LogP contribution in [0.15, 0.2) is 30.6 Å². The molecule has 0 fully saturated rings. The minimum Gasteiger partial charge on any atom is -0.310 e. The smallest absolute Gasteiger partial charge is 0.146 e. The molecule has 1 N–H and O–H groups in total. The van der Waals surface area contributed by atoms with Crippen LogP contribution < -0.4 is 5.32 Å². The molecule has 0 radical (unpaired) electrons. The summed E-state index contributed by atoms with van der Waals surface area (Å²) < 4.78 is 13.6. The van der Waals surface area contributed by atoms with Crippen LogP contribution in [0.3, 0.4) is 0 Å². The largest absolute Gasteiger partial charge is 0.310 e. The van der Waals surface area contributed by atoms with Crippen LogP contribution in [0.5, 0.6) is 0 Å². The molecule has 1 heterocycles. The third kappa shape index (κ3) is 3.74. The predicted octanol–water partition coefficient (Wildman–Crippen LogP) is 3.23. The topological polar surface area (TPSA) is 24.9 Å². The van der Waals surface area contributed by atoms with Gasteiger partial charge >= 0.3 is 0 Å². The number of aromatic nitrogens is 1. The quantitative estimate of drug-likeness (QED) is 0.747. The Morgan fingerprint density at radius 2 is 2.38 bits per heavy atom. The molecule has 2 nitrogen and oxygen atoms in total. The van der Waals surface area contributed by atoms with Crippen LogP contribution in [0, 0.1) is 5.82 Å². The molecule has 0 bridgehead atoms. The molecule has 0 spiro atoms. The van der Waals surface area contributed by atoms with Crippen molar-refractivity contribution in [3.05, 3.63) is 42.0 Å². The van der Waals surface area contributed by atoms with Crippen molar-refractivity contribution in [2.45, 2.75) is 32.7 Å². The number of hydrogen-bond donors (Lipinski definition) is 1. The lowest BCUT2D eigenvalue weighted by atomic mass is 10.0. The van der Waals surface area contributed by atoms with Crippen LogP contribution in [-0.2, 0) is 0 Å². The lowest BCUT2D eigenvalue weighted by molar-refractivity contribution is 0.494. The summed E-state index contributed by atoms with van der Waals surface area (Å²) in [5.41, 5.74) is 1.72. The van der Waals surface area contributed by atoms with E-state index in [4.69, 9.17) is 0 Å². The van der Waals surface area contributed by atoms with Gasteiger partial charge in [-0.1, -0.05) is 12.5 Å². The van der Waals surface area contributed by atoms with Crippen molar-refractivity contribution in [3.8, 4) is 0 Å². The summed E-state index contributed by atoms with van der Waals surface area (Å²) in [6, 6.07) is 1.73. The molecular formula is C13H19FN2. The van der Waals surface area contributed by atoms with Gasteiger partial charge in [0.05, 0.1) is 6.20 Å². The highest BCUT2D eigenvalue weighted by molar-refractivity contribution is 5.19. The van der Waals surface area contributed by atoms with Gasteiger partial charge in [-0.2, -0.15) is 0 Å². The Bertz CT molecular complexity index is 350. The Hall–Kier alpha value is -1.22. The zero-order valence-corrected chi connectivity index (χ0v) is 9.96. The van der Waals surface area contributed by atoms with Crippen molar-refractivity contribution in [2.24, 2.45) is 0 Å². The number of nitrogens with one attached hydrogen (secondary N) is 1. The normalized spacial score (nSPS) is 12.4. The highest BCUT2D eigenvalue weighted by Crippen LogP contribution is 2.22. The van der Waals surface area contributed by atoms with Crippen LogP contribution in [0.2, 0.25) is 0 Å². The first-order valence-corrected chi connectivity index (χ1v) is 5.62. The molecule has 88 valence electrons. The molecular weight excluding hydrogens is 203 g/mol. The number of pyridine rings is 1. The molecule has 3 heteroatoms. The van der Waals surface area contributed by atoms with Gasteiger partial charge in [0, 0.05) is 17.8 Å². The number of halogens is 1. The zero-order valence-electron chi connectivity index (χ0n) is 9.96. The predicted molar refractivity (Wildman–Crippen MR) is 64.7 cm³/mol. The first-order valence-electron chi connectivity index (χ1n) is 5.62. The van der Waals surface area contributed by atoms with E-state index in [0.717, 1.165) is 25.0 Å². The Balaban J connectivity index is 2.82. The summed E-state index contributed by atoms with van der Waals surface area (Å²) in [7, 11) is 0. The van der Waals surface area contributed by atoms with E-state index in [2.05, 4.69) is 23.8 Å². The van der Waals surface area contributed by atoms with Crippen molar-refractivity contribution in [2.75, 3.05) is 6.54 Å². The SMILES string of the molecule is C=C(C)CC(NCCC)c1ccncc1F. The van der Waals surface area contributed by atoms with Crippen LogP contribution >= 0.6 is 0 Å². The zero-order chi connectivity index (χ0) is 12.0. The molecule has 0 aromatic carbocycles. The Labute approximate surface area is 96.6 Å². The summed E-state index contributed by atoms with van der Waals surface area (Å²) in [5.74, 6) is -0.252. The second-order valence-corrected chi connectivity index (χ2v) is 4.07. The molecule has 0 aliphatic carbocycles. The second kappa shape index (κ2) is 6.38. The average molecular weight is 222 g/mol. The van der Waals surface area contributed by atoms with Crippen LogP contribution in [0.4, 0.5) is 4.39 Å². The van der Waals surface area contributed by atoms with E-state index in [-0.39, 0.29) is 11.9 Å². The summed E-state index contributed by atoms with van der Waals surface area (Å²) >= 11 is 0. The second-order valence-electron chi connectivity index (χ2n) is 4.07. The Kier molecular flexibility index (Phi) is 5.12. The molecule has 0 amide bonds. The van der Waals surface area contributed by atoms with Crippen LogP contribution in [-0.4, -0.2) is 11.5 Å². The van der Waals surface area contributed by atoms with Gasteiger partial charge in [0.2, 0.25) is 0 Å². The van der Waals surface area contributed by atoms with E-state index in [1.807, 2.05) is 6.92 Å². The van der Waals surface area contributed by atoms with Crippen LogP contribution in [0.1, 0.15) is 38.3 Å². The maximum atomic E-state index is 13.6. The van der Waals surface area contributed by atoms with Gasteiger partial charge in [-0.25, -0.2) is 4.39 Å². The van der Waals surface area contributed by atoms with E-state index in [1.165, 1.54) is 6.20 Å². The van der Waals surface area contributed by atoms with Gasteiger partial charge < -0.3 is 5.32 Å². The summed E-state index contributed by atoms with van der Waals surface area (Å²) in [6.45, 7) is 8.80. The van der Waals surface area contributed by atoms with Crippen molar-refractivity contribution < 1.29 is 4.39 Å². The number of nitrogens with zero attached hydrogens (tertiary/aromatic N) is 1. The van der Waals surface area contributed by atoms with E-state index in [0.29, 0.717) is 5.56 Å². The van der Waals surface area contributed by atoms with Gasteiger partial charge in [0.1, 0.15) is 5.82 Å². The lowest BCUT2D eigenvalue weighted by Crippen LogP contribution is -2.23. The highest BCUT2D eigenvalue weighted by atomic mass is 19.1. The van der Waals surface area contributed by atoms with E-state index >= 15 is 0 Å². The standard InChI is InChI=1S/C13H19FN2/c1-4-6-16-13(8-10(2)3)11-5-7-15-9-12(11)14/h5,7,9,13,16H,2,4,6,8H2,1,3H3. The van der Waals surface area contributed by atoms with Crippen molar-refractivity contribution >= 4 is 0 Å². The fourth-order valence-electron chi connectivity index (χ4n) is 1.63. The maximum Gasteiger partial charge on any atom is 0.146 e. The first kappa shape index (κ1) is 12.8. The lowest BCUT2D eigenvalue weighted by Gasteiger charge is -2.19. The minimum absolute atomic E-state index is 0.000417. The molecule has 0 aliphatic rings. The first-order chi connectivity index (χ1) is 7.65. The molecule has 0 saturated heterocycles. The van der Waals surface area contributed by atoms with Gasteiger partial charge in [0.25, 0.3) is 0 Å². The Morgan fingerprint density at radius 3 is 2.94 bits per heavy atom. The van der Waals surface area contributed by atoms with Crippen molar-refractivity contribution in [1.82, 2.24) is 10.3 Å². The fraction of sp³-hybridized carbons (Fsp3) is 0.462. The van der Waals surface area contributed by atoms with Gasteiger partial charge in [-0.05, 0) is 32.4 Å². The van der Waals surface area contributed by atoms with Crippen LogP contribution in [0.25, 0.3) is 0 Å². The average Bonchev–Trinajstić information content (AvgIpc) is 2.24. The molecule has 1 rings (SSSR count). The molecule has 0 saturated carbocycles.